The second-order valence-corrected chi connectivity index (χ2v) is 3.86. The number of aldehydes is 1. The average molecular weight is 275 g/mol. The molecular formula is C10H11BrO4. The van der Waals surface area contributed by atoms with Gasteiger partial charge in [0.05, 0.1) is 6.61 Å². The normalized spacial score (nSPS) is 14.7. The standard InChI is InChI=1S/C10H11BrO4/c11-9-6(4-12)2-1-3-7(9)10(15)8(14)5-13/h1-4,8,10,13-15H,5H2. The summed E-state index contributed by atoms with van der Waals surface area (Å²) in [7, 11) is 0. The Morgan fingerprint density at radius 1 is 1.40 bits per heavy atom. The van der Waals surface area contributed by atoms with Crippen molar-refractivity contribution in [2.24, 2.45) is 0 Å². The van der Waals surface area contributed by atoms with Crippen LogP contribution in [-0.2, 0) is 0 Å². The van der Waals surface area contributed by atoms with Crippen LogP contribution in [0.2, 0.25) is 0 Å². The van der Waals surface area contributed by atoms with Crippen molar-refractivity contribution in [1.29, 1.82) is 0 Å². The molecule has 2 atom stereocenters. The SMILES string of the molecule is O=Cc1cccc(C(O)C(O)CO)c1Br. The minimum Gasteiger partial charge on any atom is -0.394 e. The van der Waals surface area contributed by atoms with Crippen LogP contribution in [0.15, 0.2) is 22.7 Å². The first-order valence-electron chi connectivity index (χ1n) is 4.32. The van der Waals surface area contributed by atoms with Gasteiger partial charge in [-0.3, -0.25) is 4.79 Å². The van der Waals surface area contributed by atoms with E-state index in [2.05, 4.69) is 15.9 Å². The van der Waals surface area contributed by atoms with Gasteiger partial charge in [0.1, 0.15) is 12.2 Å². The molecule has 0 amide bonds. The lowest BCUT2D eigenvalue weighted by Crippen LogP contribution is -2.22. The zero-order chi connectivity index (χ0) is 11.4. The molecule has 3 N–H and O–H groups in total. The van der Waals surface area contributed by atoms with Crippen molar-refractivity contribution >= 4 is 22.2 Å². The van der Waals surface area contributed by atoms with E-state index in [1.165, 1.54) is 0 Å². The molecule has 0 aliphatic carbocycles. The molecule has 1 aromatic rings. The average Bonchev–Trinajstić information content (AvgIpc) is 2.27. The third-order valence-electron chi connectivity index (χ3n) is 2.06. The van der Waals surface area contributed by atoms with E-state index in [9.17, 15) is 15.0 Å². The van der Waals surface area contributed by atoms with Crippen molar-refractivity contribution in [2.45, 2.75) is 12.2 Å². The van der Waals surface area contributed by atoms with Gasteiger partial charge in [0.25, 0.3) is 0 Å². The van der Waals surface area contributed by atoms with E-state index in [0.29, 0.717) is 21.9 Å². The molecule has 0 heterocycles. The minimum atomic E-state index is -1.26. The molecule has 4 nitrogen and oxygen atoms in total. The van der Waals surface area contributed by atoms with Crippen LogP contribution in [0.5, 0.6) is 0 Å². The molecule has 0 fully saturated rings. The quantitative estimate of drug-likeness (QED) is 0.705. The molecule has 5 heteroatoms. The molecule has 2 unspecified atom stereocenters. The molecule has 0 radical (unpaired) electrons. The Morgan fingerprint density at radius 2 is 2.07 bits per heavy atom. The smallest absolute Gasteiger partial charge is 0.151 e. The Bertz CT molecular complexity index is 353. The Balaban J connectivity index is 3.09. The second-order valence-electron chi connectivity index (χ2n) is 3.06. The lowest BCUT2D eigenvalue weighted by atomic mass is 10.0. The first-order valence-corrected chi connectivity index (χ1v) is 5.11. The van der Waals surface area contributed by atoms with Gasteiger partial charge >= 0.3 is 0 Å². The first-order chi connectivity index (χ1) is 7.11. The van der Waals surface area contributed by atoms with Gasteiger partial charge in [-0.2, -0.15) is 0 Å². The predicted octanol–water partition coefficient (Wildman–Crippen LogP) is 0.648. The van der Waals surface area contributed by atoms with E-state index in [4.69, 9.17) is 5.11 Å². The minimum absolute atomic E-state index is 0.376. The number of carbonyl (C=O) groups excluding carboxylic acids is 1. The fourth-order valence-corrected chi connectivity index (χ4v) is 1.79. The Labute approximate surface area is 95.3 Å². The Hall–Kier alpha value is -0.750. The fourth-order valence-electron chi connectivity index (χ4n) is 1.19. The molecule has 82 valence electrons. The van der Waals surface area contributed by atoms with Gasteiger partial charge in [-0.15, -0.1) is 0 Å². The van der Waals surface area contributed by atoms with Crippen molar-refractivity contribution in [2.75, 3.05) is 6.61 Å². The second kappa shape index (κ2) is 5.37. The van der Waals surface area contributed by atoms with E-state index in [1.807, 2.05) is 0 Å². The summed E-state index contributed by atoms with van der Waals surface area (Å²) in [4.78, 5) is 10.6. The zero-order valence-corrected chi connectivity index (χ0v) is 9.39. The van der Waals surface area contributed by atoms with Crippen molar-refractivity contribution in [3.05, 3.63) is 33.8 Å². The summed E-state index contributed by atoms with van der Waals surface area (Å²) in [6.45, 7) is -0.543. The number of halogens is 1. The van der Waals surface area contributed by atoms with Crippen molar-refractivity contribution in [3.8, 4) is 0 Å². The highest BCUT2D eigenvalue weighted by Gasteiger charge is 2.20. The number of benzene rings is 1. The van der Waals surface area contributed by atoms with E-state index in [1.54, 1.807) is 18.2 Å². The third-order valence-corrected chi connectivity index (χ3v) is 2.97. The molecule has 0 aliphatic heterocycles. The van der Waals surface area contributed by atoms with Gasteiger partial charge < -0.3 is 15.3 Å². The van der Waals surface area contributed by atoms with Crippen LogP contribution in [-0.4, -0.2) is 34.3 Å². The maximum Gasteiger partial charge on any atom is 0.151 e. The van der Waals surface area contributed by atoms with Crippen molar-refractivity contribution < 1.29 is 20.1 Å². The summed E-state index contributed by atoms with van der Waals surface area (Å²) in [5.41, 5.74) is 0.762. The first kappa shape index (κ1) is 12.3. The summed E-state index contributed by atoms with van der Waals surface area (Å²) in [5.74, 6) is 0. The van der Waals surface area contributed by atoms with Gasteiger partial charge in [0.15, 0.2) is 6.29 Å². The zero-order valence-electron chi connectivity index (χ0n) is 7.80. The highest BCUT2D eigenvalue weighted by molar-refractivity contribution is 9.10. The lowest BCUT2D eigenvalue weighted by Gasteiger charge is -2.17. The molecule has 0 saturated heterocycles. The number of aliphatic hydroxyl groups is 3. The number of hydrogen-bond donors (Lipinski definition) is 3. The predicted molar refractivity (Wildman–Crippen MR) is 57.6 cm³/mol. The van der Waals surface area contributed by atoms with E-state index in [-0.39, 0.29) is 0 Å². The largest absolute Gasteiger partial charge is 0.394 e. The van der Waals surface area contributed by atoms with Crippen molar-refractivity contribution in [3.63, 3.8) is 0 Å². The highest BCUT2D eigenvalue weighted by atomic mass is 79.9. The molecule has 0 bridgehead atoms. The number of carbonyl (C=O) groups is 1. The van der Waals surface area contributed by atoms with Crippen molar-refractivity contribution in [1.82, 2.24) is 0 Å². The topological polar surface area (TPSA) is 77.8 Å². The van der Waals surface area contributed by atoms with Crippen LogP contribution in [0, 0.1) is 0 Å². The molecule has 0 saturated carbocycles. The maximum absolute atomic E-state index is 10.6. The van der Waals surface area contributed by atoms with Crippen LogP contribution >= 0.6 is 15.9 Å². The lowest BCUT2D eigenvalue weighted by molar-refractivity contribution is -0.0156. The van der Waals surface area contributed by atoms with Gasteiger partial charge in [-0.05, 0) is 21.5 Å². The molecular weight excluding hydrogens is 264 g/mol. The summed E-state index contributed by atoms with van der Waals surface area (Å²) >= 11 is 3.16. The number of hydrogen-bond acceptors (Lipinski definition) is 4. The fraction of sp³-hybridized carbons (Fsp3) is 0.300. The van der Waals surface area contributed by atoms with Crippen LogP contribution < -0.4 is 0 Å². The van der Waals surface area contributed by atoms with E-state index >= 15 is 0 Å². The number of aliphatic hydroxyl groups excluding tert-OH is 3. The Morgan fingerprint density at radius 3 is 2.60 bits per heavy atom. The van der Waals surface area contributed by atoms with Gasteiger partial charge in [-0.1, -0.05) is 18.2 Å². The Kier molecular flexibility index (Phi) is 4.41. The third kappa shape index (κ3) is 2.63. The summed E-state index contributed by atoms with van der Waals surface area (Å²) in [6.07, 6.45) is -1.83. The summed E-state index contributed by atoms with van der Waals surface area (Å²) in [5, 5.41) is 27.6. The van der Waals surface area contributed by atoms with Crippen LogP contribution in [0.25, 0.3) is 0 Å². The molecule has 15 heavy (non-hydrogen) atoms. The van der Waals surface area contributed by atoms with Crippen LogP contribution in [0.1, 0.15) is 22.0 Å². The molecule has 1 aromatic carbocycles. The van der Waals surface area contributed by atoms with Gasteiger partial charge in [-0.25, -0.2) is 0 Å². The molecule has 0 aliphatic rings. The summed E-state index contributed by atoms with van der Waals surface area (Å²) in [6, 6.07) is 4.75. The van der Waals surface area contributed by atoms with Crippen LogP contribution in [0.3, 0.4) is 0 Å². The summed E-state index contributed by atoms with van der Waals surface area (Å²) < 4.78 is 0.431. The van der Waals surface area contributed by atoms with Gasteiger partial charge in [0, 0.05) is 10.0 Å². The maximum atomic E-state index is 10.6. The van der Waals surface area contributed by atoms with Crippen LogP contribution in [0.4, 0.5) is 0 Å². The molecule has 0 spiro atoms. The number of rotatable bonds is 4. The molecule has 1 rings (SSSR count). The van der Waals surface area contributed by atoms with E-state index in [0.717, 1.165) is 0 Å². The van der Waals surface area contributed by atoms with E-state index < -0.39 is 18.8 Å². The monoisotopic (exact) mass is 274 g/mol. The molecule has 0 aromatic heterocycles. The van der Waals surface area contributed by atoms with Gasteiger partial charge in [0.2, 0.25) is 0 Å². The highest BCUT2D eigenvalue weighted by Crippen LogP contribution is 2.27.